The fourth-order valence-corrected chi connectivity index (χ4v) is 5.20. The van der Waals surface area contributed by atoms with Crippen LogP contribution < -0.4 is 0 Å². The first-order chi connectivity index (χ1) is 13.9. The van der Waals surface area contributed by atoms with E-state index in [0.29, 0.717) is 11.3 Å². The molecule has 1 aliphatic rings. The minimum absolute atomic E-state index is 0.417. The first-order valence-electron chi connectivity index (χ1n) is 10.3. The first-order valence-corrected chi connectivity index (χ1v) is 11.8. The van der Waals surface area contributed by atoms with Crippen molar-refractivity contribution < 1.29 is 8.42 Å². The predicted octanol–water partition coefficient (Wildman–Crippen LogP) is 5.36. The molecule has 0 bridgehead atoms. The molecule has 3 rings (SSSR count). The Morgan fingerprint density at radius 3 is 2.24 bits per heavy atom. The molecule has 29 heavy (non-hydrogen) atoms. The SMILES string of the molecule is CC(C)(CCCN1CC=C(/C=C/c2ccccc2)CC1)S(=O)(=O)c1ccccc1. The molecule has 0 saturated heterocycles. The molecule has 4 heteroatoms. The fraction of sp³-hybridized carbons (Fsp3) is 0.360. The number of nitrogens with zero attached hydrogens (tertiary/aromatic N) is 1. The van der Waals surface area contributed by atoms with E-state index in [4.69, 9.17) is 0 Å². The van der Waals surface area contributed by atoms with Gasteiger partial charge < -0.3 is 0 Å². The van der Waals surface area contributed by atoms with E-state index in [1.54, 1.807) is 24.3 Å². The lowest BCUT2D eigenvalue weighted by molar-refractivity contribution is 0.284. The molecule has 0 spiro atoms. The minimum Gasteiger partial charge on any atom is -0.299 e. The molecule has 0 N–H and O–H groups in total. The molecule has 0 fully saturated rings. The minimum atomic E-state index is -3.32. The summed E-state index contributed by atoms with van der Waals surface area (Å²) >= 11 is 0. The van der Waals surface area contributed by atoms with Crippen molar-refractivity contribution in [3.05, 3.63) is 84.0 Å². The van der Waals surface area contributed by atoms with Gasteiger partial charge in [0.2, 0.25) is 0 Å². The normalized spacial score (nSPS) is 16.1. The van der Waals surface area contributed by atoms with E-state index < -0.39 is 14.6 Å². The fourth-order valence-electron chi connectivity index (χ4n) is 3.63. The molecule has 0 aliphatic carbocycles. The van der Waals surface area contributed by atoms with Crippen molar-refractivity contribution in [1.29, 1.82) is 0 Å². The van der Waals surface area contributed by atoms with Gasteiger partial charge in [-0.05, 0) is 62.9 Å². The molecule has 3 nitrogen and oxygen atoms in total. The van der Waals surface area contributed by atoms with Crippen LogP contribution >= 0.6 is 0 Å². The number of hydrogen-bond acceptors (Lipinski definition) is 3. The van der Waals surface area contributed by atoms with Crippen LogP contribution in [0.1, 0.15) is 38.7 Å². The van der Waals surface area contributed by atoms with Crippen LogP contribution in [0.4, 0.5) is 0 Å². The third-order valence-electron chi connectivity index (χ3n) is 5.65. The van der Waals surface area contributed by atoms with Crippen LogP contribution in [0.15, 0.2) is 83.3 Å². The maximum Gasteiger partial charge on any atom is 0.183 e. The van der Waals surface area contributed by atoms with Crippen LogP contribution in [0.2, 0.25) is 0 Å². The topological polar surface area (TPSA) is 37.4 Å². The van der Waals surface area contributed by atoms with Gasteiger partial charge in [-0.15, -0.1) is 0 Å². The van der Waals surface area contributed by atoms with E-state index in [2.05, 4.69) is 47.4 Å². The van der Waals surface area contributed by atoms with Crippen LogP contribution in [0.3, 0.4) is 0 Å². The third-order valence-corrected chi connectivity index (χ3v) is 8.20. The summed E-state index contributed by atoms with van der Waals surface area (Å²) < 4.78 is 25.1. The van der Waals surface area contributed by atoms with Gasteiger partial charge in [-0.1, -0.05) is 66.8 Å². The molecule has 1 aliphatic heterocycles. The van der Waals surface area contributed by atoms with Gasteiger partial charge in [0.25, 0.3) is 0 Å². The summed E-state index contributed by atoms with van der Waals surface area (Å²) in [6.07, 6.45) is 9.23. The van der Waals surface area contributed by atoms with Gasteiger partial charge >= 0.3 is 0 Å². The Hall–Kier alpha value is -2.17. The molecular formula is C25H31NO2S. The number of rotatable bonds is 8. The van der Waals surface area contributed by atoms with Gasteiger partial charge in [-0.25, -0.2) is 8.42 Å². The predicted molar refractivity (Wildman–Crippen MR) is 122 cm³/mol. The van der Waals surface area contributed by atoms with Crippen molar-refractivity contribution in [1.82, 2.24) is 4.90 Å². The van der Waals surface area contributed by atoms with Crippen molar-refractivity contribution in [3.8, 4) is 0 Å². The molecule has 0 amide bonds. The number of benzene rings is 2. The van der Waals surface area contributed by atoms with Crippen LogP contribution in [0, 0.1) is 0 Å². The van der Waals surface area contributed by atoms with Gasteiger partial charge in [0.1, 0.15) is 0 Å². The molecule has 0 saturated carbocycles. The van der Waals surface area contributed by atoms with Crippen LogP contribution in [-0.4, -0.2) is 37.7 Å². The molecule has 0 unspecified atom stereocenters. The summed E-state index contributed by atoms with van der Waals surface area (Å²) in [6.45, 7) is 6.58. The number of sulfone groups is 1. The highest BCUT2D eigenvalue weighted by atomic mass is 32.2. The van der Waals surface area contributed by atoms with Gasteiger partial charge in [0.15, 0.2) is 9.84 Å². The van der Waals surface area contributed by atoms with Crippen molar-refractivity contribution in [2.24, 2.45) is 0 Å². The van der Waals surface area contributed by atoms with Gasteiger partial charge in [-0.2, -0.15) is 0 Å². The summed E-state index contributed by atoms with van der Waals surface area (Å²) in [4.78, 5) is 2.83. The maximum atomic E-state index is 12.9. The zero-order valence-electron chi connectivity index (χ0n) is 17.4. The van der Waals surface area contributed by atoms with Crippen LogP contribution in [0.5, 0.6) is 0 Å². The second kappa shape index (κ2) is 9.55. The largest absolute Gasteiger partial charge is 0.299 e. The molecule has 0 aromatic heterocycles. The Kier molecular flexibility index (Phi) is 7.09. The van der Waals surface area contributed by atoms with Crippen molar-refractivity contribution >= 4 is 15.9 Å². The van der Waals surface area contributed by atoms with Crippen LogP contribution in [0.25, 0.3) is 6.08 Å². The van der Waals surface area contributed by atoms with Gasteiger partial charge in [0, 0.05) is 13.1 Å². The lowest BCUT2D eigenvalue weighted by Gasteiger charge is -2.28. The average Bonchev–Trinajstić information content (AvgIpc) is 2.74. The van der Waals surface area contributed by atoms with E-state index >= 15 is 0 Å². The van der Waals surface area contributed by atoms with E-state index in [0.717, 1.165) is 32.5 Å². The highest BCUT2D eigenvalue weighted by Gasteiger charge is 2.35. The highest BCUT2D eigenvalue weighted by molar-refractivity contribution is 7.92. The monoisotopic (exact) mass is 409 g/mol. The Balaban J connectivity index is 1.49. The third kappa shape index (κ3) is 5.68. The zero-order chi connectivity index (χ0) is 20.7. The van der Waals surface area contributed by atoms with E-state index in [1.165, 1.54) is 11.1 Å². The smallest absolute Gasteiger partial charge is 0.183 e. The Morgan fingerprint density at radius 2 is 1.62 bits per heavy atom. The molecule has 2 aromatic carbocycles. The highest BCUT2D eigenvalue weighted by Crippen LogP contribution is 2.29. The van der Waals surface area contributed by atoms with E-state index in [9.17, 15) is 8.42 Å². The summed E-state index contributed by atoms with van der Waals surface area (Å²) in [6, 6.07) is 19.1. The molecule has 0 atom stereocenters. The van der Waals surface area contributed by atoms with Crippen molar-refractivity contribution in [2.45, 2.75) is 42.8 Å². The number of hydrogen-bond donors (Lipinski definition) is 0. The quantitative estimate of drug-likeness (QED) is 0.589. The molecule has 1 heterocycles. The summed E-state index contributed by atoms with van der Waals surface area (Å²) in [5.41, 5.74) is 2.59. The van der Waals surface area contributed by atoms with Crippen molar-refractivity contribution in [2.75, 3.05) is 19.6 Å². The lowest BCUT2D eigenvalue weighted by Crippen LogP contribution is -2.34. The average molecular weight is 410 g/mol. The van der Waals surface area contributed by atoms with Gasteiger partial charge in [0.05, 0.1) is 9.64 Å². The Labute approximate surface area is 175 Å². The van der Waals surface area contributed by atoms with Crippen molar-refractivity contribution in [3.63, 3.8) is 0 Å². The molecule has 2 aromatic rings. The Bertz CT molecular complexity index is 945. The van der Waals surface area contributed by atoms with E-state index in [-0.39, 0.29) is 0 Å². The van der Waals surface area contributed by atoms with Crippen LogP contribution in [-0.2, 0) is 9.84 Å². The second-order valence-electron chi connectivity index (χ2n) is 8.25. The summed E-state index contributed by atoms with van der Waals surface area (Å²) in [7, 11) is -3.32. The zero-order valence-corrected chi connectivity index (χ0v) is 18.2. The Morgan fingerprint density at radius 1 is 0.966 bits per heavy atom. The molecule has 154 valence electrons. The lowest BCUT2D eigenvalue weighted by atomic mass is 10.0. The molecule has 0 radical (unpaired) electrons. The summed E-state index contributed by atoms with van der Waals surface area (Å²) in [5, 5.41) is 0. The van der Waals surface area contributed by atoms with Gasteiger partial charge in [-0.3, -0.25) is 4.90 Å². The first kappa shape index (κ1) is 21.5. The standard InChI is InChI=1S/C25H31NO2S/c1-25(2,29(27,28)24-12-7-4-8-13-24)18-9-19-26-20-16-23(17-21-26)15-14-22-10-5-3-6-11-22/h3-8,10-16H,9,17-21H2,1-2H3/b15-14+. The molecular weight excluding hydrogens is 378 g/mol. The number of allylic oxidation sites excluding steroid dienone is 1. The summed E-state index contributed by atoms with van der Waals surface area (Å²) in [5.74, 6) is 0. The van der Waals surface area contributed by atoms with E-state index in [1.807, 2.05) is 26.0 Å². The second-order valence-corrected chi connectivity index (χ2v) is 10.8. The maximum absolute atomic E-state index is 12.9.